The maximum atomic E-state index is 10.6. The minimum absolute atomic E-state index is 0.179. The molecule has 2 heteroatoms. The fourth-order valence-electron chi connectivity index (χ4n) is 2.74. The highest BCUT2D eigenvalue weighted by Gasteiger charge is 1.94. The van der Waals surface area contributed by atoms with Crippen molar-refractivity contribution in [1.82, 2.24) is 0 Å². The normalized spacial score (nSPS) is 10.3. The number of hydrogen-bond acceptors (Lipinski definition) is 1. The topological polar surface area (TPSA) is 43.1 Å². The number of nitrogens with two attached hydrogens (primary N) is 1. The molecule has 0 atom stereocenters. The van der Waals surface area contributed by atoms with Gasteiger partial charge in [0.25, 0.3) is 0 Å². The van der Waals surface area contributed by atoms with E-state index in [9.17, 15) is 4.79 Å². The van der Waals surface area contributed by atoms with Crippen LogP contribution < -0.4 is 5.73 Å². The summed E-state index contributed by atoms with van der Waals surface area (Å²) in [5, 5.41) is 0. The quantitative estimate of drug-likeness (QED) is 0.270. The van der Waals surface area contributed by atoms with Gasteiger partial charge in [-0.25, -0.2) is 0 Å². The molecular weight excluding hydrogens is 282 g/mol. The maximum absolute atomic E-state index is 10.6. The van der Waals surface area contributed by atoms with Crippen molar-refractivity contribution in [2.75, 3.05) is 0 Å². The van der Waals surface area contributed by atoms with Crippen molar-refractivity contribution in [3.05, 3.63) is 0 Å². The Morgan fingerprint density at radius 2 is 1.04 bits per heavy atom. The summed E-state index contributed by atoms with van der Waals surface area (Å²) < 4.78 is 0. The van der Waals surface area contributed by atoms with E-state index >= 15 is 0 Å². The molecule has 0 saturated heterocycles. The third-order valence-electron chi connectivity index (χ3n) is 4.26. The summed E-state index contributed by atoms with van der Waals surface area (Å²) in [5.74, 6) is 6.39. The predicted molar refractivity (Wildman–Crippen MR) is 101 cm³/mol. The Morgan fingerprint density at radius 3 is 1.48 bits per heavy atom. The molecule has 0 aliphatic carbocycles. The van der Waals surface area contributed by atoms with Crippen molar-refractivity contribution in [2.45, 2.75) is 116 Å². The number of unbranched alkanes of at least 4 members (excludes halogenated alkanes) is 14. The maximum Gasteiger partial charge on any atom is 0.217 e. The molecule has 0 spiro atoms. The molecule has 0 aromatic rings. The first-order valence-electron chi connectivity index (χ1n) is 10.0. The predicted octanol–water partition coefficient (Wildman–Crippen LogP) is 6.13. The van der Waals surface area contributed by atoms with E-state index in [0.717, 1.165) is 32.1 Å². The lowest BCUT2D eigenvalue weighted by atomic mass is 10.1. The number of primary amides is 1. The van der Waals surface area contributed by atoms with Crippen molar-refractivity contribution in [3.8, 4) is 11.8 Å². The molecule has 0 aliphatic rings. The van der Waals surface area contributed by atoms with Gasteiger partial charge in [-0.2, -0.15) is 0 Å². The van der Waals surface area contributed by atoms with E-state index in [1.165, 1.54) is 70.6 Å². The standard InChI is InChI=1S/C21H39NO/c1-2-3-4-5-6-7-8-9-10-11-12-13-14-15-16-17-18-19-20-21(22)23/h2-12,15-20H2,1H3,(H2,22,23). The number of hydrogen-bond donors (Lipinski definition) is 1. The zero-order chi connectivity index (χ0) is 17.0. The van der Waals surface area contributed by atoms with Crippen LogP contribution in [-0.4, -0.2) is 5.91 Å². The summed E-state index contributed by atoms with van der Waals surface area (Å²) in [6.45, 7) is 2.27. The molecule has 23 heavy (non-hydrogen) atoms. The number of carbonyl (C=O) groups is 1. The largest absolute Gasteiger partial charge is 0.370 e. The van der Waals surface area contributed by atoms with Crippen LogP contribution in [0.4, 0.5) is 0 Å². The molecule has 0 aromatic carbocycles. The molecule has 0 bridgehead atoms. The van der Waals surface area contributed by atoms with Gasteiger partial charge >= 0.3 is 0 Å². The third-order valence-corrected chi connectivity index (χ3v) is 4.26. The number of amides is 1. The molecule has 0 rings (SSSR count). The summed E-state index contributed by atoms with van der Waals surface area (Å²) in [6.07, 6.45) is 20.8. The Balaban J connectivity index is 3.11. The summed E-state index contributed by atoms with van der Waals surface area (Å²) in [5.41, 5.74) is 5.10. The molecule has 2 N–H and O–H groups in total. The average Bonchev–Trinajstić information content (AvgIpc) is 2.53. The van der Waals surface area contributed by atoms with Gasteiger partial charge in [0.05, 0.1) is 0 Å². The zero-order valence-electron chi connectivity index (χ0n) is 15.5. The molecule has 0 aromatic heterocycles. The fourth-order valence-corrected chi connectivity index (χ4v) is 2.74. The monoisotopic (exact) mass is 321 g/mol. The summed E-state index contributed by atoms with van der Waals surface area (Å²) in [4.78, 5) is 10.6. The van der Waals surface area contributed by atoms with Gasteiger partial charge in [-0.1, -0.05) is 77.6 Å². The van der Waals surface area contributed by atoms with E-state index in [1.807, 2.05) is 0 Å². The van der Waals surface area contributed by atoms with Crippen molar-refractivity contribution < 1.29 is 4.79 Å². The van der Waals surface area contributed by atoms with E-state index in [1.54, 1.807) is 0 Å². The van der Waals surface area contributed by atoms with Crippen molar-refractivity contribution in [1.29, 1.82) is 0 Å². The van der Waals surface area contributed by atoms with Gasteiger partial charge in [0.15, 0.2) is 0 Å². The smallest absolute Gasteiger partial charge is 0.217 e. The van der Waals surface area contributed by atoms with Crippen molar-refractivity contribution in [2.24, 2.45) is 5.73 Å². The molecule has 134 valence electrons. The van der Waals surface area contributed by atoms with Crippen LogP contribution in [0.1, 0.15) is 116 Å². The van der Waals surface area contributed by atoms with Crippen LogP contribution in [0.15, 0.2) is 0 Å². The SMILES string of the molecule is CCCCCCCCCCCCC#CCCCCCCC(N)=O. The lowest BCUT2D eigenvalue weighted by molar-refractivity contribution is -0.118. The minimum Gasteiger partial charge on any atom is -0.370 e. The molecule has 0 heterocycles. The van der Waals surface area contributed by atoms with Gasteiger partial charge in [-0.15, -0.1) is 11.8 Å². The fraction of sp³-hybridized carbons (Fsp3) is 0.857. The first-order chi connectivity index (χ1) is 11.3. The van der Waals surface area contributed by atoms with Crippen LogP contribution >= 0.6 is 0 Å². The Kier molecular flexibility index (Phi) is 18.3. The molecule has 2 nitrogen and oxygen atoms in total. The third kappa shape index (κ3) is 21.0. The molecular formula is C21H39NO. The van der Waals surface area contributed by atoms with Crippen LogP contribution in [0.2, 0.25) is 0 Å². The van der Waals surface area contributed by atoms with Gasteiger partial charge < -0.3 is 5.73 Å². The number of carbonyl (C=O) groups excluding carboxylic acids is 1. The molecule has 0 unspecified atom stereocenters. The summed E-state index contributed by atoms with van der Waals surface area (Å²) in [7, 11) is 0. The van der Waals surface area contributed by atoms with Gasteiger partial charge in [-0.3, -0.25) is 4.79 Å². The Labute approximate surface area is 145 Å². The first kappa shape index (κ1) is 22.0. The minimum atomic E-state index is -0.179. The average molecular weight is 322 g/mol. The van der Waals surface area contributed by atoms with Crippen LogP contribution in [0.25, 0.3) is 0 Å². The number of rotatable bonds is 16. The first-order valence-corrected chi connectivity index (χ1v) is 10.0. The molecule has 0 radical (unpaired) electrons. The van der Waals surface area contributed by atoms with E-state index in [4.69, 9.17) is 5.73 Å². The zero-order valence-corrected chi connectivity index (χ0v) is 15.5. The molecule has 0 aliphatic heterocycles. The van der Waals surface area contributed by atoms with Gasteiger partial charge in [-0.05, 0) is 19.3 Å². The highest BCUT2D eigenvalue weighted by Crippen LogP contribution is 2.11. The molecule has 0 saturated carbocycles. The summed E-state index contributed by atoms with van der Waals surface area (Å²) in [6, 6.07) is 0. The van der Waals surface area contributed by atoms with Crippen molar-refractivity contribution >= 4 is 5.91 Å². The second-order valence-corrected chi connectivity index (χ2v) is 6.67. The highest BCUT2D eigenvalue weighted by atomic mass is 16.1. The second kappa shape index (κ2) is 19.1. The summed E-state index contributed by atoms with van der Waals surface area (Å²) >= 11 is 0. The lowest BCUT2D eigenvalue weighted by Gasteiger charge is -2.00. The Morgan fingerprint density at radius 1 is 0.652 bits per heavy atom. The van der Waals surface area contributed by atoms with E-state index in [2.05, 4.69) is 18.8 Å². The van der Waals surface area contributed by atoms with E-state index in [0.29, 0.717) is 6.42 Å². The lowest BCUT2D eigenvalue weighted by Crippen LogP contribution is -2.09. The molecule has 1 amide bonds. The van der Waals surface area contributed by atoms with E-state index in [-0.39, 0.29) is 5.91 Å². The van der Waals surface area contributed by atoms with Crippen LogP contribution in [0.5, 0.6) is 0 Å². The van der Waals surface area contributed by atoms with Gasteiger partial charge in [0, 0.05) is 19.3 Å². The second-order valence-electron chi connectivity index (χ2n) is 6.67. The van der Waals surface area contributed by atoms with Crippen LogP contribution in [-0.2, 0) is 4.79 Å². The highest BCUT2D eigenvalue weighted by molar-refractivity contribution is 5.73. The van der Waals surface area contributed by atoms with Gasteiger partial charge in [0.2, 0.25) is 5.91 Å². The van der Waals surface area contributed by atoms with Crippen molar-refractivity contribution in [3.63, 3.8) is 0 Å². The Bertz CT molecular complexity index is 314. The van der Waals surface area contributed by atoms with Crippen LogP contribution in [0.3, 0.4) is 0 Å². The molecule has 0 fully saturated rings. The van der Waals surface area contributed by atoms with E-state index < -0.39 is 0 Å². The van der Waals surface area contributed by atoms with Crippen LogP contribution in [0, 0.1) is 11.8 Å². The Hall–Kier alpha value is -0.970. The van der Waals surface area contributed by atoms with Gasteiger partial charge in [0.1, 0.15) is 0 Å².